The third-order valence-corrected chi connectivity index (χ3v) is 2.58. The molecule has 1 aliphatic heterocycles. The van der Waals surface area contributed by atoms with Crippen LogP contribution in [0.5, 0.6) is 0 Å². The Morgan fingerprint density at radius 3 is 2.86 bits per heavy atom. The summed E-state index contributed by atoms with van der Waals surface area (Å²) >= 11 is 0. The number of hydrogen-bond acceptors (Lipinski definition) is 3. The molecule has 0 radical (unpaired) electrons. The maximum atomic E-state index is 10.8. The fourth-order valence-electron chi connectivity index (χ4n) is 1.73. The lowest BCUT2D eigenvalue weighted by Gasteiger charge is -2.21. The Morgan fingerprint density at radius 2 is 2.21 bits per heavy atom. The summed E-state index contributed by atoms with van der Waals surface area (Å²) < 4.78 is 5.28. The van der Waals surface area contributed by atoms with E-state index in [4.69, 9.17) is 4.74 Å². The fourth-order valence-corrected chi connectivity index (χ4v) is 1.73. The lowest BCUT2D eigenvalue weighted by atomic mass is 9.95. The van der Waals surface area contributed by atoms with Gasteiger partial charge < -0.3 is 4.74 Å². The third-order valence-electron chi connectivity index (χ3n) is 2.58. The molecule has 0 spiro atoms. The van der Waals surface area contributed by atoms with E-state index in [0.717, 1.165) is 38.2 Å². The van der Waals surface area contributed by atoms with E-state index < -0.39 is 0 Å². The molecule has 1 fully saturated rings. The highest BCUT2D eigenvalue weighted by Gasteiger charge is 2.14. The van der Waals surface area contributed by atoms with Crippen LogP contribution in [0.3, 0.4) is 0 Å². The van der Waals surface area contributed by atoms with Crippen LogP contribution in [-0.2, 0) is 11.2 Å². The Balaban J connectivity index is 1.96. The number of ether oxygens (including phenoxy) is 1. The van der Waals surface area contributed by atoms with Gasteiger partial charge in [-0.1, -0.05) is 0 Å². The lowest BCUT2D eigenvalue weighted by Crippen LogP contribution is -2.19. The molecule has 14 heavy (non-hydrogen) atoms. The standard InChI is InChI=1S/C10H14N2O2/c13-10-2-1-9(11-12-10)7-8-3-5-14-6-4-8/h1-2,8H,3-7H2,(H,12,13). The first-order valence-corrected chi connectivity index (χ1v) is 4.97. The second-order valence-electron chi connectivity index (χ2n) is 3.67. The first-order chi connectivity index (χ1) is 6.84. The predicted molar refractivity (Wildman–Crippen MR) is 52.1 cm³/mol. The van der Waals surface area contributed by atoms with Crippen molar-refractivity contribution in [3.63, 3.8) is 0 Å². The van der Waals surface area contributed by atoms with Gasteiger partial charge in [-0.2, -0.15) is 5.10 Å². The molecule has 2 heterocycles. The van der Waals surface area contributed by atoms with Crippen LogP contribution < -0.4 is 5.56 Å². The zero-order chi connectivity index (χ0) is 9.80. The number of aromatic amines is 1. The van der Waals surface area contributed by atoms with Crippen LogP contribution in [0.25, 0.3) is 0 Å². The molecular formula is C10H14N2O2. The molecule has 0 aliphatic carbocycles. The minimum absolute atomic E-state index is 0.138. The molecule has 1 aromatic heterocycles. The molecule has 1 saturated heterocycles. The van der Waals surface area contributed by atoms with Crippen molar-refractivity contribution in [1.29, 1.82) is 0 Å². The minimum atomic E-state index is -0.138. The van der Waals surface area contributed by atoms with E-state index >= 15 is 0 Å². The molecule has 0 unspecified atom stereocenters. The van der Waals surface area contributed by atoms with Gasteiger partial charge >= 0.3 is 0 Å². The summed E-state index contributed by atoms with van der Waals surface area (Å²) in [6.07, 6.45) is 3.14. The Morgan fingerprint density at radius 1 is 1.43 bits per heavy atom. The summed E-state index contributed by atoms with van der Waals surface area (Å²) in [7, 11) is 0. The van der Waals surface area contributed by atoms with Crippen LogP contribution in [0.4, 0.5) is 0 Å². The molecule has 1 aliphatic rings. The van der Waals surface area contributed by atoms with E-state index in [2.05, 4.69) is 10.2 Å². The predicted octanol–water partition coefficient (Wildman–Crippen LogP) is 0.739. The van der Waals surface area contributed by atoms with Gasteiger partial charge in [0.05, 0.1) is 5.69 Å². The first-order valence-electron chi connectivity index (χ1n) is 4.97. The summed E-state index contributed by atoms with van der Waals surface area (Å²) in [6, 6.07) is 3.33. The average Bonchev–Trinajstić information content (AvgIpc) is 2.23. The summed E-state index contributed by atoms with van der Waals surface area (Å²) in [5, 5.41) is 6.45. The Labute approximate surface area is 82.3 Å². The van der Waals surface area contributed by atoms with Gasteiger partial charge in [0.2, 0.25) is 0 Å². The molecule has 0 amide bonds. The van der Waals surface area contributed by atoms with Gasteiger partial charge in [-0.15, -0.1) is 0 Å². The molecule has 0 bridgehead atoms. The number of nitrogens with zero attached hydrogens (tertiary/aromatic N) is 1. The maximum absolute atomic E-state index is 10.8. The number of rotatable bonds is 2. The highest BCUT2D eigenvalue weighted by atomic mass is 16.5. The van der Waals surface area contributed by atoms with Crippen LogP contribution in [0.1, 0.15) is 18.5 Å². The fraction of sp³-hybridized carbons (Fsp3) is 0.600. The molecule has 2 rings (SSSR count). The molecule has 1 N–H and O–H groups in total. The van der Waals surface area contributed by atoms with Crippen molar-refractivity contribution in [3.05, 3.63) is 28.2 Å². The lowest BCUT2D eigenvalue weighted by molar-refractivity contribution is 0.0662. The van der Waals surface area contributed by atoms with Gasteiger partial charge in [0.25, 0.3) is 5.56 Å². The van der Waals surface area contributed by atoms with Crippen LogP contribution in [0, 0.1) is 5.92 Å². The average molecular weight is 194 g/mol. The zero-order valence-electron chi connectivity index (χ0n) is 8.03. The van der Waals surface area contributed by atoms with Crippen molar-refractivity contribution in [2.75, 3.05) is 13.2 Å². The van der Waals surface area contributed by atoms with E-state index in [-0.39, 0.29) is 5.56 Å². The SMILES string of the molecule is O=c1ccc(CC2CCOCC2)n[nH]1. The second-order valence-corrected chi connectivity index (χ2v) is 3.67. The van der Waals surface area contributed by atoms with Crippen molar-refractivity contribution in [2.45, 2.75) is 19.3 Å². The van der Waals surface area contributed by atoms with Crippen molar-refractivity contribution in [1.82, 2.24) is 10.2 Å². The van der Waals surface area contributed by atoms with Gasteiger partial charge in [-0.25, -0.2) is 5.10 Å². The van der Waals surface area contributed by atoms with E-state index in [1.807, 2.05) is 0 Å². The van der Waals surface area contributed by atoms with E-state index in [1.165, 1.54) is 6.07 Å². The van der Waals surface area contributed by atoms with E-state index in [0.29, 0.717) is 5.92 Å². The number of nitrogens with one attached hydrogen (secondary N) is 1. The maximum Gasteiger partial charge on any atom is 0.264 e. The van der Waals surface area contributed by atoms with Crippen LogP contribution in [-0.4, -0.2) is 23.4 Å². The second kappa shape index (κ2) is 4.37. The summed E-state index contributed by atoms with van der Waals surface area (Å²) in [6.45, 7) is 1.71. The molecule has 4 heteroatoms. The highest BCUT2D eigenvalue weighted by Crippen LogP contribution is 2.18. The summed E-state index contributed by atoms with van der Waals surface area (Å²) in [5.41, 5.74) is 0.831. The van der Waals surface area contributed by atoms with Gasteiger partial charge in [-0.05, 0) is 31.2 Å². The first kappa shape index (κ1) is 9.40. The van der Waals surface area contributed by atoms with Crippen LogP contribution in [0.2, 0.25) is 0 Å². The normalized spacial score (nSPS) is 18.3. The molecule has 76 valence electrons. The highest BCUT2D eigenvalue weighted by molar-refractivity contribution is 5.00. The smallest absolute Gasteiger partial charge is 0.264 e. The van der Waals surface area contributed by atoms with Crippen molar-refractivity contribution in [2.24, 2.45) is 5.92 Å². The third kappa shape index (κ3) is 2.42. The zero-order valence-corrected chi connectivity index (χ0v) is 8.03. The number of aromatic nitrogens is 2. The molecule has 0 atom stereocenters. The Kier molecular flexibility index (Phi) is 2.93. The number of hydrogen-bond donors (Lipinski definition) is 1. The minimum Gasteiger partial charge on any atom is -0.381 e. The summed E-state index contributed by atoms with van der Waals surface area (Å²) in [5.74, 6) is 0.655. The van der Waals surface area contributed by atoms with Crippen molar-refractivity contribution >= 4 is 0 Å². The number of H-pyrrole nitrogens is 1. The van der Waals surface area contributed by atoms with Crippen molar-refractivity contribution < 1.29 is 4.74 Å². The van der Waals surface area contributed by atoms with Gasteiger partial charge in [0.15, 0.2) is 0 Å². The monoisotopic (exact) mass is 194 g/mol. The Hall–Kier alpha value is -1.16. The van der Waals surface area contributed by atoms with Gasteiger partial charge in [-0.3, -0.25) is 4.79 Å². The molecular weight excluding hydrogens is 180 g/mol. The summed E-state index contributed by atoms with van der Waals surface area (Å²) in [4.78, 5) is 10.8. The molecule has 0 aromatic carbocycles. The van der Waals surface area contributed by atoms with Crippen molar-refractivity contribution in [3.8, 4) is 0 Å². The molecule has 0 saturated carbocycles. The largest absolute Gasteiger partial charge is 0.381 e. The topological polar surface area (TPSA) is 55.0 Å². The van der Waals surface area contributed by atoms with Gasteiger partial charge in [0, 0.05) is 19.3 Å². The quantitative estimate of drug-likeness (QED) is 0.755. The van der Waals surface area contributed by atoms with Crippen LogP contribution in [0.15, 0.2) is 16.9 Å². The molecule has 1 aromatic rings. The molecule has 4 nitrogen and oxygen atoms in total. The Bertz CT molecular complexity index is 322. The van der Waals surface area contributed by atoms with Gasteiger partial charge in [0.1, 0.15) is 0 Å². The van der Waals surface area contributed by atoms with E-state index in [1.54, 1.807) is 6.07 Å². The van der Waals surface area contributed by atoms with E-state index in [9.17, 15) is 4.79 Å². The van der Waals surface area contributed by atoms with Crippen LogP contribution >= 0.6 is 0 Å².